The Morgan fingerprint density at radius 2 is 1.50 bits per heavy atom. The largest absolute Gasteiger partial charge is 0.463 e. The molecular weight excluding hydrogens is 386 g/mol. The first kappa shape index (κ1) is 24.9. The van der Waals surface area contributed by atoms with Crippen LogP contribution in [0.5, 0.6) is 0 Å². The van der Waals surface area contributed by atoms with E-state index in [1.54, 1.807) is 91.0 Å². The summed E-state index contributed by atoms with van der Waals surface area (Å²) < 4.78 is 15.6. The fourth-order valence-electron chi connectivity index (χ4n) is 2.16. The van der Waals surface area contributed by atoms with Crippen LogP contribution in [0.3, 0.4) is 0 Å². The summed E-state index contributed by atoms with van der Waals surface area (Å²) in [6.07, 6.45) is 4.56. The highest BCUT2D eigenvalue weighted by Crippen LogP contribution is 2.23. The number of allylic oxidation sites excluding steroid dienone is 2. The van der Waals surface area contributed by atoms with Crippen LogP contribution in [-0.4, -0.2) is 36.0 Å². The van der Waals surface area contributed by atoms with Gasteiger partial charge in [0.1, 0.15) is 11.2 Å². The van der Waals surface area contributed by atoms with E-state index < -0.39 is 29.4 Å². The van der Waals surface area contributed by atoms with Gasteiger partial charge in [-0.05, 0) is 66.2 Å². The van der Waals surface area contributed by atoms with Crippen molar-refractivity contribution in [2.75, 3.05) is 11.5 Å². The fourth-order valence-corrected chi connectivity index (χ4v) is 2.16. The molecule has 164 valence electrons. The predicted octanol–water partition coefficient (Wildman–Crippen LogP) is 5.50. The van der Waals surface area contributed by atoms with E-state index in [-0.39, 0.29) is 0 Å². The van der Waals surface area contributed by atoms with Crippen molar-refractivity contribution in [3.05, 3.63) is 48.1 Å². The van der Waals surface area contributed by atoms with Gasteiger partial charge in [-0.1, -0.05) is 30.4 Å². The van der Waals surface area contributed by atoms with E-state index in [4.69, 9.17) is 14.2 Å². The first-order valence-electron chi connectivity index (χ1n) is 9.70. The van der Waals surface area contributed by atoms with Crippen LogP contribution in [-0.2, 0) is 19.0 Å². The minimum atomic E-state index is -0.833. The standard InChI is InChI=1S/C23H31NO6/c1-8-28-19(25)15-10-9-12-17-13-11-14-18(16-17)24(20(26)29-22(2,3)4)21(27)30-23(5,6)7/h9-16H,8H2,1-7H3/b12-9+,15-10+. The van der Waals surface area contributed by atoms with E-state index in [0.717, 1.165) is 4.90 Å². The summed E-state index contributed by atoms with van der Waals surface area (Å²) in [5.41, 5.74) is -0.562. The molecule has 1 aromatic carbocycles. The van der Waals surface area contributed by atoms with Crippen molar-refractivity contribution in [2.45, 2.75) is 59.7 Å². The minimum absolute atomic E-state index is 0.301. The number of nitrogens with zero attached hydrogens (tertiary/aromatic N) is 1. The number of rotatable bonds is 5. The number of anilines is 1. The first-order chi connectivity index (χ1) is 13.8. The van der Waals surface area contributed by atoms with Crippen LogP contribution in [0.25, 0.3) is 6.08 Å². The molecular formula is C23H31NO6. The molecule has 0 heterocycles. The molecule has 0 atom stereocenters. The number of imide groups is 1. The zero-order valence-corrected chi connectivity index (χ0v) is 18.7. The average Bonchev–Trinajstić information content (AvgIpc) is 2.56. The normalized spacial score (nSPS) is 12.1. The lowest BCUT2D eigenvalue weighted by atomic mass is 10.1. The van der Waals surface area contributed by atoms with Gasteiger partial charge in [0.15, 0.2) is 0 Å². The molecule has 7 nitrogen and oxygen atoms in total. The molecule has 0 spiro atoms. The highest BCUT2D eigenvalue weighted by atomic mass is 16.6. The van der Waals surface area contributed by atoms with Crippen LogP contribution < -0.4 is 4.90 Å². The maximum atomic E-state index is 12.7. The maximum absolute atomic E-state index is 12.7. The van der Waals surface area contributed by atoms with Crippen LogP contribution in [0.2, 0.25) is 0 Å². The monoisotopic (exact) mass is 417 g/mol. The molecule has 0 radical (unpaired) electrons. The number of esters is 1. The highest BCUT2D eigenvalue weighted by molar-refractivity contribution is 6.09. The molecule has 1 aromatic rings. The van der Waals surface area contributed by atoms with Gasteiger partial charge in [0.25, 0.3) is 0 Å². The Morgan fingerprint density at radius 1 is 0.933 bits per heavy atom. The van der Waals surface area contributed by atoms with Gasteiger partial charge in [-0.3, -0.25) is 0 Å². The molecule has 0 bridgehead atoms. The summed E-state index contributed by atoms with van der Waals surface area (Å²) in [6.45, 7) is 12.3. The molecule has 0 aliphatic carbocycles. The summed E-state index contributed by atoms with van der Waals surface area (Å²) in [6, 6.07) is 6.74. The third-order valence-corrected chi connectivity index (χ3v) is 3.20. The molecule has 2 amide bonds. The number of carbonyl (C=O) groups is 3. The Labute approximate surface area is 178 Å². The summed E-state index contributed by atoms with van der Waals surface area (Å²) in [5, 5.41) is 0. The second-order valence-corrected chi connectivity index (χ2v) is 8.36. The molecule has 0 unspecified atom stereocenters. The number of amides is 2. The fraction of sp³-hybridized carbons (Fsp3) is 0.435. The Kier molecular flexibility index (Phi) is 8.83. The smallest absolute Gasteiger partial charge is 0.424 e. The van der Waals surface area contributed by atoms with Crippen molar-refractivity contribution in [3.8, 4) is 0 Å². The topological polar surface area (TPSA) is 82.1 Å². The maximum Gasteiger partial charge on any atom is 0.424 e. The molecule has 0 fully saturated rings. The number of hydrogen-bond acceptors (Lipinski definition) is 6. The Bertz CT molecular complexity index is 784. The first-order valence-corrected chi connectivity index (χ1v) is 9.70. The lowest BCUT2D eigenvalue weighted by Gasteiger charge is -2.28. The molecule has 0 saturated carbocycles. The van der Waals surface area contributed by atoms with E-state index in [2.05, 4.69) is 0 Å². The van der Waals surface area contributed by atoms with Gasteiger partial charge in [-0.15, -0.1) is 0 Å². The molecule has 7 heteroatoms. The summed E-state index contributed by atoms with van der Waals surface area (Å²) in [5.74, 6) is -0.433. The Balaban J connectivity index is 3.15. The Morgan fingerprint density at radius 3 is 2.00 bits per heavy atom. The van der Waals surface area contributed by atoms with E-state index in [0.29, 0.717) is 17.9 Å². The number of benzene rings is 1. The molecule has 0 aliphatic heterocycles. The van der Waals surface area contributed by atoms with Crippen LogP contribution in [0, 0.1) is 0 Å². The summed E-state index contributed by atoms with van der Waals surface area (Å²) in [7, 11) is 0. The van der Waals surface area contributed by atoms with Crippen molar-refractivity contribution in [3.63, 3.8) is 0 Å². The summed E-state index contributed by atoms with van der Waals surface area (Å²) >= 11 is 0. The molecule has 0 aromatic heterocycles. The minimum Gasteiger partial charge on any atom is -0.463 e. The van der Waals surface area contributed by atoms with Crippen LogP contribution in [0.1, 0.15) is 54.0 Å². The van der Waals surface area contributed by atoms with E-state index in [1.165, 1.54) is 6.08 Å². The van der Waals surface area contributed by atoms with Crippen molar-refractivity contribution in [1.82, 2.24) is 0 Å². The second-order valence-electron chi connectivity index (χ2n) is 8.36. The van der Waals surface area contributed by atoms with Crippen LogP contribution in [0.4, 0.5) is 15.3 Å². The number of carbonyl (C=O) groups excluding carboxylic acids is 3. The van der Waals surface area contributed by atoms with Crippen LogP contribution in [0.15, 0.2) is 42.5 Å². The van der Waals surface area contributed by atoms with E-state index >= 15 is 0 Å². The molecule has 0 aliphatic rings. The zero-order valence-electron chi connectivity index (χ0n) is 18.7. The zero-order chi connectivity index (χ0) is 22.9. The van der Waals surface area contributed by atoms with Gasteiger partial charge in [0.2, 0.25) is 0 Å². The van der Waals surface area contributed by atoms with Gasteiger partial charge >= 0.3 is 18.2 Å². The van der Waals surface area contributed by atoms with Crippen LogP contribution >= 0.6 is 0 Å². The van der Waals surface area contributed by atoms with Gasteiger partial charge in [-0.2, -0.15) is 4.90 Å². The van der Waals surface area contributed by atoms with Gasteiger partial charge < -0.3 is 14.2 Å². The van der Waals surface area contributed by atoms with E-state index in [9.17, 15) is 14.4 Å². The Hall–Kier alpha value is -3.09. The third kappa shape index (κ3) is 9.41. The highest BCUT2D eigenvalue weighted by Gasteiger charge is 2.32. The van der Waals surface area contributed by atoms with Crippen molar-refractivity contribution in [2.24, 2.45) is 0 Å². The summed E-state index contributed by atoms with van der Waals surface area (Å²) in [4.78, 5) is 37.6. The lowest BCUT2D eigenvalue weighted by Crippen LogP contribution is -2.43. The molecule has 0 N–H and O–H groups in total. The number of ether oxygens (including phenoxy) is 3. The van der Waals surface area contributed by atoms with Gasteiger partial charge in [-0.25, -0.2) is 14.4 Å². The molecule has 0 saturated heterocycles. The number of hydrogen-bond donors (Lipinski definition) is 0. The second kappa shape index (κ2) is 10.6. The van der Waals surface area contributed by atoms with Crippen molar-refractivity contribution in [1.29, 1.82) is 0 Å². The van der Waals surface area contributed by atoms with Gasteiger partial charge in [0, 0.05) is 6.08 Å². The molecule has 30 heavy (non-hydrogen) atoms. The van der Waals surface area contributed by atoms with Crippen molar-refractivity contribution >= 4 is 29.9 Å². The van der Waals surface area contributed by atoms with Crippen molar-refractivity contribution < 1.29 is 28.6 Å². The molecule has 1 rings (SSSR count). The average molecular weight is 418 g/mol. The van der Waals surface area contributed by atoms with Gasteiger partial charge in [0.05, 0.1) is 12.3 Å². The third-order valence-electron chi connectivity index (χ3n) is 3.20. The lowest BCUT2D eigenvalue weighted by molar-refractivity contribution is -0.137. The SMILES string of the molecule is CCOC(=O)/C=C/C=C/c1cccc(N(C(=O)OC(C)(C)C)C(=O)OC(C)(C)C)c1. The predicted molar refractivity (Wildman–Crippen MR) is 116 cm³/mol. The van der Waals surface area contributed by atoms with E-state index in [1.807, 2.05) is 0 Å². The quantitative estimate of drug-likeness (QED) is 0.272.